The fourth-order valence-electron chi connectivity index (χ4n) is 1.48. The lowest BCUT2D eigenvalue weighted by Crippen LogP contribution is -1.87. The zero-order valence-corrected chi connectivity index (χ0v) is 8.54. The van der Waals surface area contributed by atoms with Crippen molar-refractivity contribution in [3.05, 3.63) is 35.3 Å². The molecule has 0 aliphatic heterocycles. The summed E-state index contributed by atoms with van der Waals surface area (Å²) in [6, 6.07) is 4.92. The van der Waals surface area contributed by atoms with Crippen LogP contribution in [0.25, 0.3) is 11.3 Å². The topological polar surface area (TPSA) is 52.0 Å². The molecule has 1 aromatic heterocycles. The lowest BCUT2D eigenvalue weighted by molar-refractivity contribution is 0.548. The van der Waals surface area contributed by atoms with Crippen LogP contribution in [0.1, 0.15) is 11.3 Å². The van der Waals surface area contributed by atoms with E-state index in [0.29, 0.717) is 17.0 Å². The molecule has 0 fully saturated rings. The van der Waals surface area contributed by atoms with E-state index in [1.54, 1.807) is 26.0 Å². The summed E-state index contributed by atoms with van der Waals surface area (Å²) in [6.07, 6.45) is 0. The molecule has 0 atom stereocenters. The Kier molecular flexibility index (Phi) is 2.19. The fourth-order valence-corrected chi connectivity index (χ4v) is 1.48. The Morgan fingerprint density at radius 1 is 1.33 bits per heavy atom. The molecule has 1 aromatic carbocycles. The third-order valence-electron chi connectivity index (χ3n) is 2.24. The van der Waals surface area contributed by atoms with Crippen LogP contribution < -0.4 is 5.73 Å². The first-order valence-electron chi connectivity index (χ1n) is 4.57. The van der Waals surface area contributed by atoms with Crippen molar-refractivity contribution in [2.45, 2.75) is 13.8 Å². The Labute approximate surface area is 86.7 Å². The van der Waals surface area contributed by atoms with E-state index in [2.05, 4.69) is 4.98 Å². The second-order valence-electron chi connectivity index (χ2n) is 3.42. The van der Waals surface area contributed by atoms with E-state index in [4.69, 9.17) is 10.2 Å². The van der Waals surface area contributed by atoms with E-state index in [-0.39, 0.29) is 11.8 Å². The summed E-state index contributed by atoms with van der Waals surface area (Å²) >= 11 is 0. The number of hydrogen-bond donors (Lipinski definition) is 1. The van der Waals surface area contributed by atoms with Crippen molar-refractivity contribution in [3.63, 3.8) is 0 Å². The average molecular weight is 206 g/mol. The van der Waals surface area contributed by atoms with Gasteiger partial charge in [0.1, 0.15) is 17.3 Å². The molecule has 4 heteroatoms. The molecule has 2 N–H and O–H groups in total. The van der Waals surface area contributed by atoms with Gasteiger partial charge in [-0.3, -0.25) is 0 Å². The number of benzene rings is 1. The number of aryl methyl sites for hydroxylation is 2. The SMILES string of the molecule is Cc1cc(-c2nc(N)oc2C)ccc1F. The summed E-state index contributed by atoms with van der Waals surface area (Å²) in [7, 11) is 0. The molecule has 2 rings (SSSR count). The second kappa shape index (κ2) is 3.38. The highest BCUT2D eigenvalue weighted by atomic mass is 19.1. The van der Waals surface area contributed by atoms with E-state index >= 15 is 0 Å². The Balaban J connectivity index is 2.54. The molecule has 0 saturated heterocycles. The number of rotatable bonds is 1. The maximum Gasteiger partial charge on any atom is 0.292 e. The van der Waals surface area contributed by atoms with Gasteiger partial charge in [-0.2, -0.15) is 4.98 Å². The molecular formula is C11H11FN2O. The van der Waals surface area contributed by atoms with E-state index in [1.165, 1.54) is 6.07 Å². The number of anilines is 1. The van der Waals surface area contributed by atoms with Gasteiger partial charge in [-0.05, 0) is 37.6 Å². The maximum absolute atomic E-state index is 13.1. The van der Waals surface area contributed by atoms with Gasteiger partial charge >= 0.3 is 0 Å². The number of halogens is 1. The first kappa shape index (κ1) is 9.71. The lowest BCUT2D eigenvalue weighted by Gasteiger charge is -2.00. The van der Waals surface area contributed by atoms with Gasteiger partial charge < -0.3 is 10.2 Å². The van der Waals surface area contributed by atoms with Crippen molar-refractivity contribution in [1.29, 1.82) is 0 Å². The summed E-state index contributed by atoms with van der Waals surface area (Å²) in [5.41, 5.74) is 7.48. The molecule has 0 aliphatic carbocycles. The molecule has 0 amide bonds. The van der Waals surface area contributed by atoms with Crippen LogP contribution in [0, 0.1) is 19.7 Å². The summed E-state index contributed by atoms with van der Waals surface area (Å²) in [5.74, 6) is 0.409. The van der Waals surface area contributed by atoms with Crippen LogP contribution in [0.3, 0.4) is 0 Å². The average Bonchev–Trinajstić information content (AvgIpc) is 2.50. The Morgan fingerprint density at radius 2 is 2.07 bits per heavy atom. The Morgan fingerprint density at radius 3 is 2.60 bits per heavy atom. The van der Waals surface area contributed by atoms with Crippen LogP contribution in [0.2, 0.25) is 0 Å². The largest absolute Gasteiger partial charge is 0.429 e. The van der Waals surface area contributed by atoms with Gasteiger partial charge in [0.15, 0.2) is 0 Å². The van der Waals surface area contributed by atoms with Crippen LogP contribution in [0.5, 0.6) is 0 Å². The van der Waals surface area contributed by atoms with Crippen molar-refractivity contribution in [1.82, 2.24) is 4.98 Å². The molecule has 0 aliphatic rings. The molecule has 15 heavy (non-hydrogen) atoms. The first-order valence-corrected chi connectivity index (χ1v) is 4.57. The highest BCUT2D eigenvalue weighted by Crippen LogP contribution is 2.25. The van der Waals surface area contributed by atoms with Crippen LogP contribution in [-0.2, 0) is 0 Å². The fraction of sp³-hybridized carbons (Fsp3) is 0.182. The quantitative estimate of drug-likeness (QED) is 0.780. The minimum absolute atomic E-state index is 0.129. The van der Waals surface area contributed by atoms with Gasteiger partial charge in [-0.1, -0.05) is 0 Å². The second-order valence-corrected chi connectivity index (χ2v) is 3.42. The number of oxazole rings is 1. The minimum atomic E-state index is -0.229. The maximum atomic E-state index is 13.1. The van der Waals surface area contributed by atoms with E-state index in [1.807, 2.05) is 0 Å². The normalized spacial score (nSPS) is 10.6. The van der Waals surface area contributed by atoms with Crippen LogP contribution in [0.4, 0.5) is 10.4 Å². The number of nitrogens with two attached hydrogens (primary N) is 1. The third kappa shape index (κ3) is 1.70. The molecule has 1 heterocycles. The van der Waals surface area contributed by atoms with Crippen molar-refractivity contribution in [2.75, 3.05) is 5.73 Å². The molecule has 0 saturated carbocycles. The minimum Gasteiger partial charge on any atom is -0.429 e. The van der Waals surface area contributed by atoms with E-state index in [0.717, 1.165) is 5.56 Å². The predicted octanol–water partition coefficient (Wildman–Crippen LogP) is 2.68. The highest BCUT2D eigenvalue weighted by molar-refractivity contribution is 5.63. The number of aromatic nitrogens is 1. The number of hydrogen-bond acceptors (Lipinski definition) is 3. The van der Waals surface area contributed by atoms with Crippen molar-refractivity contribution in [3.8, 4) is 11.3 Å². The van der Waals surface area contributed by atoms with Gasteiger partial charge in [-0.15, -0.1) is 0 Å². The van der Waals surface area contributed by atoms with Gasteiger partial charge in [0.05, 0.1) is 0 Å². The standard InChI is InChI=1S/C11H11FN2O/c1-6-5-8(3-4-9(6)12)10-7(2)15-11(13)14-10/h3-5H,1-2H3,(H2,13,14). The molecule has 2 aromatic rings. The summed E-state index contributed by atoms with van der Waals surface area (Å²) < 4.78 is 18.2. The Hall–Kier alpha value is -1.84. The highest BCUT2D eigenvalue weighted by Gasteiger charge is 2.10. The van der Waals surface area contributed by atoms with Gasteiger partial charge in [-0.25, -0.2) is 4.39 Å². The molecule has 0 unspecified atom stereocenters. The first-order chi connectivity index (χ1) is 7.08. The van der Waals surface area contributed by atoms with Crippen LogP contribution in [0.15, 0.2) is 22.6 Å². The molecule has 0 bridgehead atoms. The van der Waals surface area contributed by atoms with Gasteiger partial charge in [0.2, 0.25) is 0 Å². The third-order valence-corrected chi connectivity index (χ3v) is 2.24. The molecular weight excluding hydrogens is 195 g/mol. The van der Waals surface area contributed by atoms with E-state index < -0.39 is 0 Å². The summed E-state index contributed by atoms with van der Waals surface area (Å²) in [4.78, 5) is 4.04. The van der Waals surface area contributed by atoms with Crippen LogP contribution in [-0.4, -0.2) is 4.98 Å². The summed E-state index contributed by atoms with van der Waals surface area (Å²) in [6.45, 7) is 3.48. The Bertz CT molecular complexity index is 505. The van der Waals surface area contributed by atoms with Gasteiger partial charge in [0, 0.05) is 5.56 Å². The monoisotopic (exact) mass is 206 g/mol. The van der Waals surface area contributed by atoms with Crippen molar-refractivity contribution >= 4 is 6.01 Å². The number of nitrogens with zero attached hydrogens (tertiary/aromatic N) is 1. The molecule has 3 nitrogen and oxygen atoms in total. The zero-order chi connectivity index (χ0) is 11.0. The number of nitrogen functional groups attached to an aromatic ring is 1. The van der Waals surface area contributed by atoms with Crippen LogP contribution >= 0.6 is 0 Å². The van der Waals surface area contributed by atoms with Crippen molar-refractivity contribution < 1.29 is 8.81 Å². The smallest absolute Gasteiger partial charge is 0.292 e. The van der Waals surface area contributed by atoms with Gasteiger partial charge in [0.25, 0.3) is 6.01 Å². The van der Waals surface area contributed by atoms with Crippen molar-refractivity contribution in [2.24, 2.45) is 0 Å². The lowest BCUT2D eigenvalue weighted by atomic mass is 10.1. The summed E-state index contributed by atoms with van der Waals surface area (Å²) in [5, 5.41) is 0. The molecule has 0 radical (unpaired) electrons. The molecule has 78 valence electrons. The zero-order valence-electron chi connectivity index (χ0n) is 8.54. The predicted molar refractivity (Wildman–Crippen MR) is 55.8 cm³/mol. The van der Waals surface area contributed by atoms with E-state index in [9.17, 15) is 4.39 Å². The molecule has 0 spiro atoms.